The predicted molar refractivity (Wildman–Crippen MR) is 106 cm³/mol. The molecule has 1 fully saturated rings. The van der Waals surface area contributed by atoms with Gasteiger partial charge in [-0.1, -0.05) is 12.1 Å². The summed E-state index contributed by atoms with van der Waals surface area (Å²) in [6, 6.07) is 9.17. The lowest BCUT2D eigenvalue weighted by Gasteiger charge is -2.33. The van der Waals surface area contributed by atoms with E-state index in [1.165, 1.54) is 6.07 Å². The average Bonchev–Trinajstić information content (AvgIpc) is 3.22. The summed E-state index contributed by atoms with van der Waals surface area (Å²) in [5.41, 5.74) is 3.08. The fraction of sp³-hybridized carbons (Fsp3) is 0.318. The van der Waals surface area contributed by atoms with Crippen LogP contribution in [0.15, 0.2) is 42.6 Å². The second-order valence-corrected chi connectivity index (χ2v) is 7.36. The molecule has 2 aromatic carbocycles. The van der Waals surface area contributed by atoms with Gasteiger partial charge in [0.05, 0.1) is 13.3 Å². The molecular formula is C22H23F2N3O2. The van der Waals surface area contributed by atoms with E-state index >= 15 is 0 Å². The van der Waals surface area contributed by atoms with Gasteiger partial charge in [-0.05, 0) is 49.2 Å². The Labute approximate surface area is 167 Å². The number of rotatable bonds is 5. The Kier molecular flexibility index (Phi) is 5.49. The molecule has 0 aliphatic carbocycles. The summed E-state index contributed by atoms with van der Waals surface area (Å²) < 4.78 is 32.4. The van der Waals surface area contributed by atoms with E-state index in [4.69, 9.17) is 4.74 Å². The predicted octanol–water partition coefficient (Wildman–Crippen LogP) is 4.45. The Hall–Kier alpha value is -2.93. The summed E-state index contributed by atoms with van der Waals surface area (Å²) in [5.74, 6) is -0.677. The van der Waals surface area contributed by atoms with Crippen LogP contribution >= 0.6 is 0 Å². The third-order valence-corrected chi connectivity index (χ3v) is 5.52. The number of hydrogen-bond donors (Lipinski definition) is 2. The van der Waals surface area contributed by atoms with Crippen LogP contribution < -0.4 is 4.74 Å². The third-order valence-electron chi connectivity index (χ3n) is 5.52. The minimum atomic E-state index is -0.869. The lowest BCUT2D eigenvalue weighted by molar-refractivity contribution is 0.194. The first-order valence-corrected chi connectivity index (χ1v) is 9.62. The summed E-state index contributed by atoms with van der Waals surface area (Å²) in [4.78, 5) is 2.27. The van der Waals surface area contributed by atoms with Crippen LogP contribution in [0.4, 0.5) is 8.78 Å². The van der Waals surface area contributed by atoms with Crippen LogP contribution in [0.25, 0.3) is 11.1 Å². The Morgan fingerprint density at radius 2 is 2.10 bits per heavy atom. The van der Waals surface area contributed by atoms with Crippen molar-refractivity contribution in [2.24, 2.45) is 0 Å². The molecule has 0 amide bonds. The van der Waals surface area contributed by atoms with Gasteiger partial charge in [0, 0.05) is 35.8 Å². The van der Waals surface area contributed by atoms with Crippen LogP contribution in [0, 0.1) is 11.6 Å². The van der Waals surface area contributed by atoms with Crippen molar-refractivity contribution in [3.63, 3.8) is 0 Å². The monoisotopic (exact) mass is 399 g/mol. The number of aromatic hydroxyl groups is 1. The average molecular weight is 399 g/mol. The van der Waals surface area contributed by atoms with Crippen molar-refractivity contribution >= 4 is 0 Å². The van der Waals surface area contributed by atoms with Gasteiger partial charge in [0.25, 0.3) is 0 Å². The first-order valence-electron chi connectivity index (χ1n) is 9.62. The molecule has 1 atom stereocenters. The molecule has 0 unspecified atom stereocenters. The number of H-pyrrole nitrogens is 1. The van der Waals surface area contributed by atoms with Crippen molar-refractivity contribution in [1.82, 2.24) is 15.1 Å². The zero-order chi connectivity index (χ0) is 20.4. The number of ether oxygens (including phenoxy) is 1. The van der Waals surface area contributed by atoms with Gasteiger partial charge in [-0.15, -0.1) is 0 Å². The number of phenols is 1. The zero-order valence-electron chi connectivity index (χ0n) is 16.2. The lowest BCUT2D eigenvalue weighted by Crippen LogP contribution is -2.34. The number of piperidine rings is 1. The van der Waals surface area contributed by atoms with E-state index < -0.39 is 11.6 Å². The van der Waals surface area contributed by atoms with Gasteiger partial charge in [-0.3, -0.25) is 10.00 Å². The molecule has 2 N–H and O–H groups in total. The van der Waals surface area contributed by atoms with Crippen molar-refractivity contribution in [2.75, 3.05) is 20.2 Å². The number of phenolic OH excluding ortho intramolecular Hbond substituents is 1. The summed E-state index contributed by atoms with van der Waals surface area (Å²) in [5, 5.41) is 17.5. The third kappa shape index (κ3) is 3.96. The molecule has 0 radical (unpaired) electrons. The highest BCUT2D eigenvalue weighted by Crippen LogP contribution is 2.35. The van der Waals surface area contributed by atoms with Crippen LogP contribution in [-0.2, 0) is 6.54 Å². The highest BCUT2D eigenvalue weighted by molar-refractivity contribution is 5.66. The molecule has 1 aliphatic rings. The minimum Gasteiger partial charge on any atom is -0.507 e. The SMILES string of the molecule is COc1cccc(O)c1CN1CCC[C@@H](c2[nH]ncc2-c2ccc(F)c(F)c2)C1. The number of halogens is 2. The van der Waals surface area contributed by atoms with Gasteiger partial charge in [-0.25, -0.2) is 8.78 Å². The van der Waals surface area contributed by atoms with E-state index in [-0.39, 0.29) is 11.7 Å². The summed E-state index contributed by atoms with van der Waals surface area (Å²) >= 11 is 0. The van der Waals surface area contributed by atoms with Crippen molar-refractivity contribution in [3.05, 3.63) is 65.5 Å². The molecule has 29 heavy (non-hydrogen) atoms. The van der Waals surface area contributed by atoms with Crippen LogP contribution in [-0.4, -0.2) is 40.4 Å². The first-order chi connectivity index (χ1) is 14.1. The zero-order valence-corrected chi connectivity index (χ0v) is 16.2. The summed E-state index contributed by atoms with van der Waals surface area (Å²) in [6.07, 6.45) is 3.61. The van der Waals surface area contributed by atoms with E-state index in [2.05, 4.69) is 15.1 Å². The Morgan fingerprint density at radius 3 is 2.90 bits per heavy atom. The van der Waals surface area contributed by atoms with Crippen LogP contribution in [0.2, 0.25) is 0 Å². The number of nitrogens with zero attached hydrogens (tertiary/aromatic N) is 2. The molecule has 0 bridgehead atoms. The quantitative estimate of drug-likeness (QED) is 0.666. The van der Waals surface area contributed by atoms with Crippen molar-refractivity contribution in [1.29, 1.82) is 0 Å². The number of aromatic amines is 1. The second kappa shape index (κ2) is 8.21. The van der Waals surface area contributed by atoms with Gasteiger partial charge < -0.3 is 9.84 Å². The number of hydrogen-bond acceptors (Lipinski definition) is 4. The molecule has 3 aromatic rings. The van der Waals surface area contributed by atoms with E-state index in [1.807, 2.05) is 6.07 Å². The molecule has 1 aromatic heterocycles. The highest BCUT2D eigenvalue weighted by Gasteiger charge is 2.26. The maximum Gasteiger partial charge on any atom is 0.159 e. The fourth-order valence-electron chi connectivity index (χ4n) is 4.06. The van der Waals surface area contributed by atoms with Gasteiger partial charge in [0.15, 0.2) is 11.6 Å². The molecule has 1 aliphatic heterocycles. The van der Waals surface area contributed by atoms with Gasteiger partial charge in [0.1, 0.15) is 11.5 Å². The normalized spacial score (nSPS) is 17.4. The maximum atomic E-state index is 13.7. The molecule has 7 heteroatoms. The van der Waals surface area contributed by atoms with Gasteiger partial charge in [0.2, 0.25) is 0 Å². The topological polar surface area (TPSA) is 61.4 Å². The Morgan fingerprint density at radius 1 is 1.24 bits per heavy atom. The van der Waals surface area contributed by atoms with E-state index in [0.29, 0.717) is 17.9 Å². The van der Waals surface area contributed by atoms with Crippen LogP contribution in [0.1, 0.15) is 30.0 Å². The van der Waals surface area contributed by atoms with Crippen LogP contribution in [0.3, 0.4) is 0 Å². The Bertz CT molecular complexity index is 1010. The number of likely N-dealkylation sites (tertiary alicyclic amines) is 1. The summed E-state index contributed by atoms with van der Waals surface area (Å²) in [7, 11) is 1.59. The molecule has 5 nitrogen and oxygen atoms in total. The molecule has 152 valence electrons. The van der Waals surface area contributed by atoms with E-state index in [9.17, 15) is 13.9 Å². The molecular weight excluding hydrogens is 376 g/mol. The van der Waals surface area contributed by atoms with E-state index in [1.54, 1.807) is 31.5 Å². The first kappa shape index (κ1) is 19.4. The van der Waals surface area contributed by atoms with Crippen LogP contribution in [0.5, 0.6) is 11.5 Å². The smallest absolute Gasteiger partial charge is 0.159 e. The van der Waals surface area contributed by atoms with Gasteiger partial charge in [-0.2, -0.15) is 5.10 Å². The molecule has 4 rings (SSSR count). The maximum absolute atomic E-state index is 13.7. The fourth-order valence-corrected chi connectivity index (χ4v) is 4.06. The van der Waals surface area contributed by atoms with Crippen molar-refractivity contribution in [3.8, 4) is 22.6 Å². The number of aromatic nitrogens is 2. The molecule has 1 saturated heterocycles. The Balaban J connectivity index is 1.56. The minimum absolute atomic E-state index is 0.172. The molecule has 0 saturated carbocycles. The van der Waals surface area contributed by atoms with Crippen molar-refractivity contribution in [2.45, 2.75) is 25.3 Å². The summed E-state index contributed by atoms with van der Waals surface area (Å²) in [6.45, 7) is 2.24. The highest BCUT2D eigenvalue weighted by atomic mass is 19.2. The lowest BCUT2D eigenvalue weighted by atomic mass is 9.90. The second-order valence-electron chi connectivity index (χ2n) is 7.36. The standard InChI is InChI=1S/C22H23F2N3O2/c1-29-21-6-2-5-20(28)17(21)13-27-9-3-4-15(12-27)22-16(11-25-26-22)14-7-8-18(23)19(24)10-14/h2,5-8,10-11,15,28H,3-4,9,12-13H2,1H3,(H,25,26)/t15-/m1/s1. The van der Waals surface area contributed by atoms with Crippen molar-refractivity contribution < 1.29 is 18.6 Å². The molecule has 2 heterocycles. The number of benzene rings is 2. The van der Waals surface area contributed by atoms with E-state index in [0.717, 1.165) is 48.8 Å². The number of nitrogens with one attached hydrogen (secondary N) is 1. The number of methoxy groups -OCH3 is 1. The van der Waals surface area contributed by atoms with Gasteiger partial charge >= 0.3 is 0 Å². The largest absolute Gasteiger partial charge is 0.507 e. The molecule has 0 spiro atoms.